The summed E-state index contributed by atoms with van der Waals surface area (Å²) < 4.78 is 38.8. The Balaban J connectivity index is 1.62. The SMILES string of the molecule is COc1ccc(F)c(-c2ncc(COc3cccc(CCC(=O)O)c3)nc2OC2CC(C)(C)OC(C)(C)C2)c1. The van der Waals surface area contributed by atoms with E-state index in [0.717, 1.165) is 5.56 Å². The lowest BCUT2D eigenvalue weighted by Gasteiger charge is -2.44. The average Bonchev–Trinajstić information content (AvgIpc) is 2.85. The number of carboxylic acid groups (broad SMARTS) is 1. The molecular formula is C30H35FN2O6. The molecule has 1 aliphatic rings. The van der Waals surface area contributed by atoms with E-state index in [1.165, 1.54) is 19.4 Å². The first-order valence-corrected chi connectivity index (χ1v) is 12.9. The van der Waals surface area contributed by atoms with Gasteiger partial charge in [-0.1, -0.05) is 12.1 Å². The van der Waals surface area contributed by atoms with Crippen LogP contribution in [0.1, 0.15) is 58.2 Å². The predicted octanol–water partition coefficient (Wildman–Crippen LogP) is 6.00. The van der Waals surface area contributed by atoms with Gasteiger partial charge < -0.3 is 24.1 Å². The van der Waals surface area contributed by atoms with Gasteiger partial charge in [-0.2, -0.15) is 0 Å². The number of benzene rings is 2. The molecule has 9 heteroatoms. The van der Waals surface area contributed by atoms with Crippen LogP contribution in [0.4, 0.5) is 4.39 Å². The Morgan fingerprint density at radius 2 is 1.85 bits per heavy atom. The van der Waals surface area contributed by atoms with Crippen molar-refractivity contribution in [3.8, 4) is 28.6 Å². The van der Waals surface area contributed by atoms with Crippen LogP contribution in [-0.4, -0.2) is 45.5 Å². The summed E-state index contributed by atoms with van der Waals surface area (Å²) in [5.74, 6) is -0.0459. The number of hydrogen-bond donors (Lipinski definition) is 1. The van der Waals surface area contributed by atoms with Crippen molar-refractivity contribution in [2.45, 2.75) is 77.3 Å². The lowest BCUT2D eigenvalue weighted by atomic mass is 9.87. The number of nitrogens with zero attached hydrogens (tertiary/aromatic N) is 2. The van der Waals surface area contributed by atoms with Gasteiger partial charge in [0.15, 0.2) is 0 Å². The van der Waals surface area contributed by atoms with Crippen LogP contribution in [0.2, 0.25) is 0 Å². The molecule has 3 aromatic rings. The maximum atomic E-state index is 15.0. The van der Waals surface area contributed by atoms with Crippen molar-refractivity contribution in [1.82, 2.24) is 9.97 Å². The number of aromatic nitrogens is 2. The number of aliphatic carboxylic acids is 1. The quantitative estimate of drug-likeness (QED) is 0.335. The molecular weight excluding hydrogens is 503 g/mol. The fraction of sp³-hybridized carbons (Fsp3) is 0.433. The van der Waals surface area contributed by atoms with E-state index in [-0.39, 0.29) is 36.3 Å². The second-order valence-electron chi connectivity index (χ2n) is 11.0. The van der Waals surface area contributed by atoms with Crippen LogP contribution in [0.25, 0.3) is 11.3 Å². The van der Waals surface area contributed by atoms with Gasteiger partial charge in [0.05, 0.1) is 24.5 Å². The minimum absolute atomic E-state index is 0.0394. The highest BCUT2D eigenvalue weighted by atomic mass is 19.1. The van der Waals surface area contributed by atoms with E-state index in [0.29, 0.717) is 36.5 Å². The van der Waals surface area contributed by atoms with E-state index in [2.05, 4.69) is 4.98 Å². The molecule has 0 atom stereocenters. The van der Waals surface area contributed by atoms with Crippen molar-refractivity contribution in [1.29, 1.82) is 0 Å². The van der Waals surface area contributed by atoms with Crippen molar-refractivity contribution in [2.24, 2.45) is 0 Å². The first kappa shape index (κ1) is 28.3. The van der Waals surface area contributed by atoms with Crippen LogP contribution in [0.15, 0.2) is 48.7 Å². The molecule has 1 aromatic heterocycles. The van der Waals surface area contributed by atoms with Crippen molar-refractivity contribution in [2.75, 3.05) is 7.11 Å². The normalized spacial score (nSPS) is 16.5. The fourth-order valence-corrected chi connectivity index (χ4v) is 5.00. The molecule has 0 amide bonds. The van der Waals surface area contributed by atoms with Crippen LogP contribution in [0, 0.1) is 5.82 Å². The summed E-state index contributed by atoms with van der Waals surface area (Å²) in [7, 11) is 1.52. The van der Waals surface area contributed by atoms with E-state index in [1.807, 2.05) is 39.8 Å². The standard InChI is InChI=1S/C30H35FN2O6/c1-29(2)15-23(16-30(3,4)39-29)38-28-27(24-14-21(36-5)10-11-25(24)31)32-17-20(33-28)18-37-22-8-6-7-19(13-22)9-12-26(34)35/h6-8,10-11,13-14,17,23H,9,12,15-16,18H2,1-5H3,(H,34,35). The Hall–Kier alpha value is -3.72. The fourth-order valence-electron chi connectivity index (χ4n) is 5.00. The van der Waals surface area contributed by atoms with Crippen molar-refractivity contribution >= 4 is 5.97 Å². The third-order valence-corrected chi connectivity index (χ3v) is 6.40. The van der Waals surface area contributed by atoms with Gasteiger partial charge >= 0.3 is 5.97 Å². The molecule has 0 bridgehead atoms. The van der Waals surface area contributed by atoms with Gasteiger partial charge in [0, 0.05) is 24.8 Å². The molecule has 4 rings (SSSR count). The Kier molecular flexibility index (Phi) is 8.39. The Labute approximate surface area is 228 Å². The highest BCUT2D eigenvalue weighted by molar-refractivity contribution is 5.67. The maximum absolute atomic E-state index is 15.0. The molecule has 0 radical (unpaired) electrons. The van der Waals surface area contributed by atoms with E-state index >= 15 is 0 Å². The highest BCUT2D eigenvalue weighted by Gasteiger charge is 2.41. The minimum Gasteiger partial charge on any atom is -0.497 e. The van der Waals surface area contributed by atoms with Crippen LogP contribution in [0.3, 0.4) is 0 Å². The summed E-state index contributed by atoms with van der Waals surface area (Å²) in [5, 5.41) is 8.95. The summed E-state index contributed by atoms with van der Waals surface area (Å²) in [6, 6.07) is 11.7. The second-order valence-corrected chi connectivity index (χ2v) is 11.0. The van der Waals surface area contributed by atoms with E-state index < -0.39 is 23.0 Å². The number of aryl methyl sites for hydroxylation is 1. The van der Waals surface area contributed by atoms with Crippen molar-refractivity contribution in [3.05, 3.63) is 65.7 Å². The zero-order chi connectivity index (χ0) is 28.2. The van der Waals surface area contributed by atoms with Gasteiger partial charge in [-0.15, -0.1) is 0 Å². The van der Waals surface area contributed by atoms with E-state index in [4.69, 9.17) is 29.0 Å². The molecule has 1 N–H and O–H groups in total. The Morgan fingerprint density at radius 1 is 1.10 bits per heavy atom. The molecule has 39 heavy (non-hydrogen) atoms. The molecule has 0 saturated carbocycles. The van der Waals surface area contributed by atoms with E-state index in [9.17, 15) is 9.18 Å². The second kappa shape index (κ2) is 11.6. The number of ether oxygens (including phenoxy) is 4. The summed E-state index contributed by atoms with van der Waals surface area (Å²) in [6.45, 7) is 8.18. The van der Waals surface area contributed by atoms with Gasteiger partial charge in [-0.25, -0.2) is 14.4 Å². The third kappa shape index (κ3) is 7.66. The van der Waals surface area contributed by atoms with Gasteiger partial charge in [0.2, 0.25) is 5.88 Å². The highest BCUT2D eigenvalue weighted by Crippen LogP contribution is 2.39. The first-order valence-electron chi connectivity index (χ1n) is 12.9. The number of methoxy groups -OCH3 is 1. The molecule has 0 unspecified atom stereocenters. The summed E-state index contributed by atoms with van der Waals surface area (Å²) in [5.41, 5.74) is 1.03. The number of halogens is 1. The molecule has 0 spiro atoms. The van der Waals surface area contributed by atoms with Crippen molar-refractivity contribution in [3.63, 3.8) is 0 Å². The zero-order valence-corrected chi connectivity index (χ0v) is 23.0. The molecule has 2 heterocycles. The van der Waals surface area contributed by atoms with Crippen LogP contribution < -0.4 is 14.2 Å². The van der Waals surface area contributed by atoms with Gasteiger partial charge in [0.25, 0.3) is 0 Å². The lowest BCUT2D eigenvalue weighted by molar-refractivity contribution is -0.182. The minimum atomic E-state index is -0.854. The summed E-state index contributed by atoms with van der Waals surface area (Å²) in [4.78, 5) is 20.1. The predicted molar refractivity (Wildman–Crippen MR) is 144 cm³/mol. The summed E-state index contributed by atoms with van der Waals surface area (Å²) >= 11 is 0. The number of carboxylic acids is 1. The van der Waals surface area contributed by atoms with Crippen LogP contribution >= 0.6 is 0 Å². The smallest absolute Gasteiger partial charge is 0.303 e. The largest absolute Gasteiger partial charge is 0.497 e. The van der Waals surface area contributed by atoms with Crippen LogP contribution in [0.5, 0.6) is 17.4 Å². The molecule has 1 saturated heterocycles. The number of rotatable bonds is 10. The van der Waals surface area contributed by atoms with Crippen LogP contribution in [-0.2, 0) is 22.6 Å². The topological polar surface area (TPSA) is 100 Å². The molecule has 1 aliphatic heterocycles. The molecule has 2 aromatic carbocycles. The lowest BCUT2D eigenvalue weighted by Crippen LogP contribution is -2.49. The van der Waals surface area contributed by atoms with Gasteiger partial charge in [0.1, 0.15) is 41.4 Å². The number of hydrogen-bond acceptors (Lipinski definition) is 7. The zero-order valence-electron chi connectivity index (χ0n) is 23.0. The third-order valence-electron chi connectivity index (χ3n) is 6.40. The van der Waals surface area contributed by atoms with E-state index in [1.54, 1.807) is 24.3 Å². The van der Waals surface area contributed by atoms with Gasteiger partial charge in [-0.05, 0) is 70.0 Å². The molecule has 1 fully saturated rings. The molecule has 0 aliphatic carbocycles. The maximum Gasteiger partial charge on any atom is 0.303 e. The Bertz CT molecular complexity index is 1310. The Morgan fingerprint density at radius 3 is 2.54 bits per heavy atom. The average molecular weight is 539 g/mol. The molecule has 8 nitrogen and oxygen atoms in total. The summed E-state index contributed by atoms with van der Waals surface area (Å²) in [6.07, 6.45) is 3.00. The van der Waals surface area contributed by atoms with Crippen molar-refractivity contribution < 1.29 is 33.2 Å². The number of carbonyl (C=O) groups is 1. The van der Waals surface area contributed by atoms with Gasteiger partial charge in [-0.3, -0.25) is 4.79 Å². The monoisotopic (exact) mass is 538 g/mol. The molecule has 208 valence electrons. The first-order chi connectivity index (χ1) is 18.4.